The first-order valence-electron chi connectivity index (χ1n) is 7.90. The van der Waals surface area contributed by atoms with Crippen LogP contribution < -0.4 is 10.0 Å². The van der Waals surface area contributed by atoms with Gasteiger partial charge in [0.05, 0.1) is 4.90 Å². The van der Waals surface area contributed by atoms with Gasteiger partial charge >= 0.3 is 0 Å². The molecule has 134 valence electrons. The average Bonchev–Trinajstić information content (AvgIpc) is 2.55. The van der Waals surface area contributed by atoms with Crippen molar-refractivity contribution < 1.29 is 13.2 Å². The molecule has 0 saturated heterocycles. The number of likely N-dealkylation sites (N-methyl/N-ethyl adjacent to an activating group) is 1. The van der Waals surface area contributed by atoms with Gasteiger partial charge in [-0.05, 0) is 57.4 Å². The Balaban J connectivity index is 2.02. The number of hydrogen-bond donors (Lipinski definition) is 2. The Morgan fingerprint density at radius 3 is 2.16 bits per heavy atom. The molecule has 25 heavy (non-hydrogen) atoms. The number of nitrogens with zero attached hydrogens (tertiary/aromatic N) is 1. The van der Waals surface area contributed by atoms with Crippen LogP contribution in [0.2, 0.25) is 0 Å². The van der Waals surface area contributed by atoms with E-state index in [0.717, 1.165) is 12.1 Å². The molecule has 2 aromatic rings. The quantitative estimate of drug-likeness (QED) is 0.791. The molecule has 2 aromatic carbocycles. The topological polar surface area (TPSA) is 78.5 Å². The highest BCUT2D eigenvalue weighted by Crippen LogP contribution is 2.17. The van der Waals surface area contributed by atoms with E-state index in [1.54, 1.807) is 48.5 Å². The van der Waals surface area contributed by atoms with Gasteiger partial charge in [0.15, 0.2) is 0 Å². The predicted molar refractivity (Wildman–Crippen MR) is 99.3 cm³/mol. The van der Waals surface area contributed by atoms with E-state index in [2.05, 4.69) is 10.0 Å². The summed E-state index contributed by atoms with van der Waals surface area (Å²) in [5.41, 5.74) is 1.88. The number of carbonyl (C=O) groups excluding carboxylic acids is 1. The molecule has 2 N–H and O–H groups in total. The summed E-state index contributed by atoms with van der Waals surface area (Å²) in [6.07, 6.45) is 0. The molecule has 0 radical (unpaired) electrons. The van der Waals surface area contributed by atoms with Crippen LogP contribution >= 0.6 is 0 Å². The Bertz CT molecular complexity index is 814. The maximum absolute atomic E-state index is 12.3. The number of benzene rings is 2. The Morgan fingerprint density at radius 1 is 1.00 bits per heavy atom. The summed E-state index contributed by atoms with van der Waals surface area (Å²) in [6, 6.07) is 13.0. The SMILES string of the molecule is Cc1ccc(S(=O)(=O)Nc2ccc(C(=O)NCCN(C)C)cc2)cc1. The van der Waals surface area contributed by atoms with Crippen LogP contribution in [0.5, 0.6) is 0 Å². The third-order valence-electron chi connectivity index (χ3n) is 3.58. The van der Waals surface area contributed by atoms with Crippen molar-refractivity contribution in [2.24, 2.45) is 0 Å². The molecule has 0 fully saturated rings. The van der Waals surface area contributed by atoms with E-state index in [4.69, 9.17) is 0 Å². The maximum atomic E-state index is 12.3. The second-order valence-electron chi connectivity index (χ2n) is 6.06. The van der Waals surface area contributed by atoms with E-state index in [0.29, 0.717) is 17.8 Å². The number of aryl methyl sites for hydroxylation is 1. The molecule has 1 amide bonds. The summed E-state index contributed by atoms with van der Waals surface area (Å²) in [7, 11) is 0.220. The number of sulfonamides is 1. The highest BCUT2D eigenvalue weighted by molar-refractivity contribution is 7.92. The standard InChI is InChI=1S/C18H23N3O3S/c1-14-4-10-17(11-5-14)25(23,24)20-16-8-6-15(7-9-16)18(22)19-12-13-21(2)3/h4-11,20H,12-13H2,1-3H3,(H,19,22). The first kappa shape index (κ1) is 19.0. The minimum atomic E-state index is -3.64. The number of nitrogens with one attached hydrogen (secondary N) is 2. The number of amides is 1. The second kappa shape index (κ2) is 8.13. The Hall–Kier alpha value is -2.38. The molecule has 0 aliphatic rings. The van der Waals surface area contributed by atoms with Gasteiger partial charge in [0.2, 0.25) is 0 Å². The maximum Gasteiger partial charge on any atom is 0.261 e. The lowest BCUT2D eigenvalue weighted by molar-refractivity contribution is 0.0951. The van der Waals surface area contributed by atoms with Crippen LogP contribution in [0.4, 0.5) is 5.69 Å². The Morgan fingerprint density at radius 2 is 1.60 bits per heavy atom. The van der Waals surface area contributed by atoms with Gasteiger partial charge < -0.3 is 10.2 Å². The van der Waals surface area contributed by atoms with Crippen LogP contribution in [0.15, 0.2) is 53.4 Å². The molecule has 0 aromatic heterocycles. The molecule has 2 rings (SSSR count). The van der Waals surface area contributed by atoms with Crippen molar-refractivity contribution in [2.75, 3.05) is 31.9 Å². The van der Waals surface area contributed by atoms with Crippen molar-refractivity contribution in [3.05, 3.63) is 59.7 Å². The molecule has 7 heteroatoms. The Labute approximate surface area is 148 Å². The van der Waals surface area contributed by atoms with E-state index in [9.17, 15) is 13.2 Å². The summed E-state index contributed by atoms with van der Waals surface area (Å²) in [5, 5.41) is 2.81. The number of carbonyl (C=O) groups is 1. The minimum Gasteiger partial charge on any atom is -0.351 e. The zero-order valence-corrected chi connectivity index (χ0v) is 15.4. The second-order valence-corrected chi connectivity index (χ2v) is 7.74. The van der Waals surface area contributed by atoms with Crippen LogP contribution in [0.1, 0.15) is 15.9 Å². The number of anilines is 1. The number of hydrogen-bond acceptors (Lipinski definition) is 4. The van der Waals surface area contributed by atoms with Crippen molar-refractivity contribution in [2.45, 2.75) is 11.8 Å². The van der Waals surface area contributed by atoms with Crippen LogP contribution in [-0.4, -0.2) is 46.4 Å². The van der Waals surface area contributed by atoms with Gasteiger partial charge in [-0.2, -0.15) is 0 Å². The Kier molecular flexibility index (Phi) is 6.17. The zero-order valence-electron chi connectivity index (χ0n) is 14.6. The van der Waals surface area contributed by atoms with E-state index >= 15 is 0 Å². The lowest BCUT2D eigenvalue weighted by Gasteiger charge is -2.11. The van der Waals surface area contributed by atoms with E-state index < -0.39 is 10.0 Å². The lowest BCUT2D eigenvalue weighted by atomic mass is 10.2. The van der Waals surface area contributed by atoms with Crippen molar-refractivity contribution in [1.29, 1.82) is 0 Å². The first-order chi connectivity index (χ1) is 11.8. The van der Waals surface area contributed by atoms with Crippen LogP contribution in [0.3, 0.4) is 0 Å². The fourth-order valence-electron chi connectivity index (χ4n) is 2.12. The summed E-state index contributed by atoms with van der Waals surface area (Å²) in [4.78, 5) is 14.2. The minimum absolute atomic E-state index is 0.185. The first-order valence-corrected chi connectivity index (χ1v) is 9.39. The molecule has 0 atom stereocenters. The summed E-state index contributed by atoms with van der Waals surface area (Å²) < 4.78 is 27.2. The van der Waals surface area contributed by atoms with Crippen molar-refractivity contribution in [3.8, 4) is 0 Å². The fraction of sp³-hybridized carbons (Fsp3) is 0.278. The molecule has 0 aliphatic carbocycles. The van der Waals surface area contributed by atoms with E-state index in [1.165, 1.54) is 0 Å². The van der Waals surface area contributed by atoms with Gasteiger partial charge in [0, 0.05) is 24.3 Å². The van der Waals surface area contributed by atoms with Crippen LogP contribution in [0.25, 0.3) is 0 Å². The van der Waals surface area contributed by atoms with Gasteiger partial charge in [0.25, 0.3) is 15.9 Å². The molecular formula is C18H23N3O3S. The number of rotatable bonds is 7. The van der Waals surface area contributed by atoms with E-state index in [-0.39, 0.29) is 10.8 Å². The highest BCUT2D eigenvalue weighted by atomic mass is 32.2. The van der Waals surface area contributed by atoms with Crippen LogP contribution in [0, 0.1) is 6.92 Å². The van der Waals surface area contributed by atoms with Gasteiger partial charge in [-0.15, -0.1) is 0 Å². The fourth-order valence-corrected chi connectivity index (χ4v) is 3.17. The predicted octanol–water partition coefficient (Wildman–Crippen LogP) is 2.09. The summed E-state index contributed by atoms with van der Waals surface area (Å²) >= 11 is 0. The third-order valence-corrected chi connectivity index (χ3v) is 4.97. The normalized spacial score (nSPS) is 11.4. The van der Waals surface area contributed by atoms with Gasteiger partial charge in [-0.3, -0.25) is 9.52 Å². The molecule has 0 heterocycles. The monoisotopic (exact) mass is 361 g/mol. The van der Waals surface area contributed by atoms with Gasteiger partial charge in [0.1, 0.15) is 0 Å². The van der Waals surface area contributed by atoms with Crippen molar-refractivity contribution >= 4 is 21.6 Å². The summed E-state index contributed by atoms with van der Waals surface area (Å²) in [6.45, 7) is 3.19. The average molecular weight is 361 g/mol. The smallest absolute Gasteiger partial charge is 0.261 e. The van der Waals surface area contributed by atoms with Crippen molar-refractivity contribution in [1.82, 2.24) is 10.2 Å². The molecule has 0 unspecified atom stereocenters. The van der Waals surface area contributed by atoms with Crippen LogP contribution in [-0.2, 0) is 10.0 Å². The molecule has 6 nitrogen and oxygen atoms in total. The van der Waals surface area contributed by atoms with Gasteiger partial charge in [-0.25, -0.2) is 8.42 Å². The third kappa shape index (κ3) is 5.58. The molecular weight excluding hydrogens is 338 g/mol. The molecule has 0 spiro atoms. The lowest BCUT2D eigenvalue weighted by Crippen LogP contribution is -2.31. The summed E-state index contributed by atoms with van der Waals surface area (Å²) in [5.74, 6) is -0.185. The highest BCUT2D eigenvalue weighted by Gasteiger charge is 2.14. The molecule has 0 aliphatic heterocycles. The zero-order chi connectivity index (χ0) is 18.4. The van der Waals surface area contributed by atoms with E-state index in [1.807, 2.05) is 25.9 Å². The van der Waals surface area contributed by atoms with Gasteiger partial charge in [-0.1, -0.05) is 17.7 Å². The molecule has 0 saturated carbocycles. The molecule has 0 bridgehead atoms. The largest absolute Gasteiger partial charge is 0.351 e. The van der Waals surface area contributed by atoms with Crippen molar-refractivity contribution in [3.63, 3.8) is 0 Å².